The molecule has 1 fully saturated rings. The zero-order valence-electron chi connectivity index (χ0n) is 16.0. The fourth-order valence-electron chi connectivity index (χ4n) is 4.19. The van der Waals surface area contributed by atoms with Gasteiger partial charge in [-0.05, 0) is 83.2 Å². The maximum atomic E-state index is 4.27. The van der Waals surface area contributed by atoms with Gasteiger partial charge < -0.3 is 4.90 Å². The normalized spacial score (nSPS) is 19.0. The largest absolute Gasteiger partial charge is 0.301 e. The van der Waals surface area contributed by atoms with Gasteiger partial charge in [0.1, 0.15) is 0 Å². The molecule has 1 unspecified atom stereocenters. The summed E-state index contributed by atoms with van der Waals surface area (Å²) in [7, 11) is 0. The fourth-order valence-corrected chi connectivity index (χ4v) is 4.19. The van der Waals surface area contributed by atoms with E-state index in [1.807, 2.05) is 0 Å². The van der Waals surface area contributed by atoms with Crippen LogP contribution < -0.4 is 0 Å². The van der Waals surface area contributed by atoms with Gasteiger partial charge in [0.15, 0.2) is 0 Å². The van der Waals surface area contributed by atoms with E-state index >= 15 is 0 Å². The van der Waals surface area contributed by atoms with E-state index in [4.69, 9.17) is 0 Å². The second-order valence-corrected chi connectivity index (χ2v) is 8.26. The second kappa shape index (κ2) is 10.5. The predicted octanol–water partition coefficient (Wildman–Crippen LogP) is 6.30. The molecule has 1 aliphatic heterocycles. The first-order valence-electron chi connectivity index (χ1n) is 9.84. The molecule has 0 aromatic carbocycles. The summed E-state index contributed by atoms with van der Waals surface area (Å²) < 4.78 is 0. The molecule has 1 atom stereocenters. The zero-order valence-corrected chi connectivity index (χ0v) is 16.0. The van der Waals surface area contributed by atoms with Crippen molar-refractivity contribution >= 4 is 0 Å². The Balaban J connectivity index is 2.34. The first-order chi connectivity index (χ1) is 10.4. The van der Waals surface area contributed by atoms with Crippen LogP contribution >= 0.6 is 0 Å². The van der Waals surface area contributed by atoms with Crippen LogP contribution in [0.25, 0.3) is 0 Å². The standard InChI is InChI=1S/C21H41N/c1-7-9-20(11-8-10-19(6)16-17(2)3)21-12-14-22(15-13-21)18(4)5/h17-18,20-21H,6-16H2,1-5H3. The van der Waals surface area contributed by atoms with Gasteiger partial charge in [0, 0.05) is 6.04 Å². The summed E-state index contributed by atoms with van der Waals surface area (Å²) in [6.45, 7) is 18.5. The highest BCUT2D eigenvalue weighted by Gasteiger charge is 2.26. The summed E-state index contributed by atoms with van der Waals surface area (Å²) >= 11 is 0. The molecule has 0 amide bonds. The number of hydrogen-bond acceptors (Lipinski definition) is 1. The third-order valence-corrected chi connectivity index (χ3v) is 5.43. The summed E-state index contributed by atoms with van der Waals surface area (Å²) in [6.07, 6.45) is 10.9. The Labute approximate surface area is 140 Å². The Bertz CT molecular complexity index is 297. The topological polar surface area (TPSA) is 3.24 Å². The molecular weight excluding hydrogens is 266 g/mol. The number of likely N-dealkylation sites (tertiary alicyclic amines) is 1. The van der Waals surface area contributed by atoms with Crippen molar-refractivity contribution in [1.29, 1.82) is 0 Å². The molecule has 0 aliphatic carbocycles. The van der Waals surface area contributed by atoms with Crippen LogP contribution in [0, 0.1) is 17.8 Å². The minimum Gasteiger partial charge on any atom is -0.301 e. The van der Waals surface area contributed by atoms with Gasteiger partial charge in [-0.25, -0.2) is 0 Å². The Kier molecular flexibility index (Phi) is 9.40. The SMILES string of the molecule is C=C(CCCC(CCC)C1CCN(C(C)C)CC1)CC(C)C. The van der Waals surface area contributed by atoms with E-state index in [1.165, 1.54) is 70.0 Å². The monoisotopic (exact) mass is 307 g/mol. The highest BCUT2D eigenvalue weighted by molar-refractivity contribution is 4.94. The van der Waals surface area contributed by atoms with Crippen LogP contribution in [0.1, 0.15) is 86.0 Å². The molecule has 1 rings (SSSR count). The van der Waals surface area contributed by atoms with Crippen LogP contribution in [0.5, 0.6) is 0 Å². The van der Waals surface area contributed by atoms with E-state index in [0.29, 0.717) is 0 Å². The van der Waals surface area contributed by atoms with Gasteiger partial charge in [-0.3, -0.25) is 0 Å². The molecule has 0 aromatic heterocycles. The summed E-state index contributed by atoms with van der Waals surface area (Å²) in [4.78, 5) is 2.66. The van der Waals surface area contributed by atoms with Crippen LogP contribution in [0.4, 0.5) is 0 Å². The van der Waals surface area contributed by atoms with Crippen molar-refractivity contribution in [2.24, 2.45) is 17.8 Å². The van der Waals surface area contributed by atoms with Crippen molar-refractivity contribution in [3.8, 4) is 0 Å². The molecule has 0 aromatic rings. The van der Waals surface area contributed by atoms with Crippen molar-refractivity contribution in [3.63, 3.8) is 0 Å². The molecule has 0 spiro atoms. The highest BCUT2D eigenvalue weighted by atomic mass is 15.1. The van der Waals surface area contributed by atoms with Crippen molar-refractivity contribution < 1.29 is 0 Å². The van der Waals surface area contributed by atoms with Crippen LogP contribution in [-0.2, 0) is 0 Å². The van der Waals surface area contributed by atoms with Crippen molar-refractivity contribution in [2.45, 2.75) is 92.0 Å². The second-order valence-electron chi connectivity index (χ2n) is 8.26. The van der Waals surface area contributed by atoms with Gasteiger partial charge in [0.2, 0.25) is 0 Å². The average Bonchev–Trinajstić information content (AvgIpc) is 2.45. The lowest BCUT2D eigenvalue weighted by Gasteiger charge is -2.38. The molecule has 130 valence electrons. The zero-order chi connectivity index (χ0) is 16.5. The maximum Gasteiger partial charge on any atom is 0.00385 e. The summed E-state index contributed by atoms with van der Waals surface area (Å²) in [6, 6.07) is 0.727. The molecule has 22 heavy (non-hydrogen) atoms. The van der Waals surface area contributed by atoms with Crippen LogP contribution in [0.2, 0.25) is 0 Å². The molecule has 1 heteroatoms. The lowest BCUT2D eigenvalue weighted by molar-refractivity contribution is 0.113. The quantitative estimate of drug-likeness (QED) is 0.428. The van der Waals surface area contributed by atoms with Crippen LogP contribution in [-0.4, -0.2) is 24.0 Å². The van der Waals surface area contributed by atoms with Gasteiger partial charge in [0.25, 0.3) is 0 Å². The molecule has 0 radical (unpaired) electrons. The van der Waals surface area contributed by atoms with Crippen molar-refractivity contribution in [2.75, 3.05) is 13.1 Å². The number of nitrogens with zero attached hydrogens (tertiary/aromatic N) is 1. The molecule has 0 bridgehead atoms. The Morgan fingerprint density at radius 1 is 1.09 bits per heavy atom. The first-order valence-corrected chi connectivity index (χ1v) is 9.84. The number of rotatable bonds is 10. The van der Waals surface area contributed by atoms with Gasteiger partial charge >= 0.3 is 0 Å². The summed E-state index contributed by atoms with van der Waals surface area (Å²) in [5, 5.41) is 0. The molecule has 1 saturated heterocycles. The predicted molar refractivity (Wildman–Crippen MR) is 100 cm³/mol. The van der Waals surface area contributed by atoms with E-state index in [2.05, 4.69) is 46.1 Å². The van der Waals surface area contributed by atoms with Gasteiger partial charge in [-0.1, -0.05) is 45.8 Å². The maximum absolute atomic E-state index is 4.27. The van der Waals surface area contributed by atoms with Crippen molar-refractivity contribution in [3.05, 3.63) is 12.2 Å². The minimum absolute atomic E-state index is 0.727. The first kappa shape index (κ1) is 19.7. The third-order valence-electron chi connectivity index (χ3n) is 5.43. The van der Waals surface area contributed by atoms with E-state index in [-0.39, 0.29) is 0 Å². The lowest BCUT2D eigenvalue weighted by atomic mass is 9.78. The van der Waals surface area contributed by atoms with Crippen molar-refractivity contribution in [1.82, 2.24) is 4.90 Å². The number of hydrogen-bond donors (Lipinski definition) is 0. The van der Waals surface area contributed by atoms with E-state index in [0.717, 1.165) is 23.8 Å². The Morgan fingerprint density at radius 3 is 2.23 bits per heavy atom. The van der Waals surface area contributed by atoms with Crippen LogP contribution in [0.15, 0.2) is 12.2 Å². The highest BCUT2D eigenvalue weighted by Crippen LogP contribution is 2.33. The fraction of sp³-hybridized carbons (Fsp3) is 0.905. The molecule has 1 nitrogen and oxygen atoms in total. The van der Waals surface area contributed by atoms with Crippen LogP contribution in [0.3, 0.4) is 0 Å². The molecule has 0 saturated carbocycles. The van der Waals surface area contributed by atoms with Gasteiger partial charge in [-0.15, -0.1) is 0 Å². The summed E-state index contributed by atoms with van der Waals surface area (Å²) in [5.41, 5.74) is 1.47. The molecule has 0 N–H and O–H groups in total. The van der Waals surface area contributed by atoms with Gasteiger partial charge in [0.05, 0.1) is 0 Å². The third kappa shape index (κ3) is 7.31. The molecule has 1 aliphatic rings. The number of allylic oxidation sites excluding steroid dienone is 1. The number of piperidine rings is 1. The average molecular weight is 308 g/mol. The van der Waals surface area contributed by atoms with E-state index < -0.39 is 0 Å². The van der Waals surface area contributed by atoms with E-state index in [1.54, 1.807) is 0 Å². The molecular formula is C21H41N. The lowest BCUT2D eigenvalue weighted by Crippen LogP contribution is -2.40. The Morgan fingerprint density at radius 2 is 1.73 bits per heavy atom. The molecule has 1 heterocycles. The minimum atomic E-state index is 0.727. The Hall–Kier alpha value is -0.300. The van der Waals surface area contributed by atoms with E-state index in [9.17, 15) is 0 Å². The smallest absolute Gasteiger partial charge is 0.00385 e. The summed E-state index contributed by atoms with van der Waals surface area (Å²) in [5.74, 6) is 2.71. The van der Waals surface area contributed by atoms with Gasteiger partial charge in [-0.2, -0.15) is 0 Å².